The highest BCUT2D eigenvalue weighted by molar-refractivity contribution is 14.1. The van der Waals surface area contributed by atoms with E-state index in [1.807, 2.05) is 25.1 Å². The Labute approximate surface area is 113 Å². The van der Waals surface area contributed by atoms with Gasteiger partial charge >= 0.3 is 0 Å². The predicted octanol–water partition coefficient (Wildman–Crippen LogP) is 2.26. The van der Waals surface area contributed by atoms with Gasteiger partial charge in [0.25, 0.3) is 0 Å². The molecule has 0 radical (unpaired) electrons. The van der Waals surface area contributed by atoms with Gasteiger partial charge in [-0.3, -0.25) is 4.79 Å². The number of halogens is 1. The van der Waals surface area contributed by atoms with E-state index in [9.17, 15) is 4.79 Å². The number of benzene rings is 1. The zero-order valence-corrected chi connectivity index (χ0v) is 12.0. The normalized spacial score (nSPS) is 10.2. The highest BCUT2D eigenvalue weighted by atomic mass is 127. The number of carbonyl (C=O) groups excluding carboxylic acids is 1. The van der Waals surface area contributed by atoms with Gasteiger partial charge in [-0.2, -0.15) is 0 Å². The molecular formula is C11H14INO2S. The summed E-state index contributed by atoms with van der Waals surface area (Å²) in [5.74, 6) is 0.952. The number of hydrogen-bond acceptors (Lipinski definition) is 3. The minimum absolute atomic E-state index is 0.0252. The highest BCUT2D eigenvalue weighted by Gasteiger charge is 2.04. The Morgan fingerprint density at radius 2 is 2.31 bits per heavy atom. The van der Waals surface area contributed by atoms with E-state index < -0.39 is 0 Å². The van der Waals surface area contributed by atoms with Gasteiger partial charge in [0.2, 0.25) is 5.91 Å². The highest BCUT2D eigenvalue weighted by Crippen LogP contribution is 2.17. The second-order valence-electron chi connectivity index (χ2n) is 3.28. The molecule has 0 unspecified atom stereocenters. The molecule has 2 N–H and O–H groups in total. The number of rotatable bonds is 5. The summed E-state index contributed by atoms with van der Waals surface area (Å²) in [5, 5.41) is 11.4. The molecular weight excluding hydrogens is 337 g/mol. The van der Waals surface area contributed by atoms with Crippen LogP contribution in [0.15, 0.2) is 18.2 Å². The van der Waals surface area contributed by atoms with Crippen molar-refractivity contribution in [2.45, 2.75) is 6.92 Å². The van der Waals surface area contributed by atoms with E-state index >= 15 is 0 Å². The Morgan fingerprint density at radius 1 is 1.56 bits per heavy atom. The van der Waals surface area contributed by atoms with Crippen LogP contribution in [0.2, 0.25) is 0 Å². The molecule has 0 heterocycles. The largest absolute Gasteiger partial charge is 0.396 e. The number of aliphatic hydroxyl groups is 1. The fraction of sp³-hybridized carbons (Fsp3) is 0.364. The molecule has 5 heteroatoms. The summed E-state index contributed by atoms with van der Waals surface area (Å²) in [7, 11) is 0. The minimum Gasteiger partial charge on any atom is -0.396 e. The van der Waals surface area contributed by atoms with Crippen LogP contribution in [0.5, 0.6) is 0 Å². The van der Waals surface area contributed by atoms with Crippen LogP contribution in [0.25, 0.3) is 0 Å². The Balaban J connectivity index is 2.49. The molecule has 16 heavy (non-hydrogen) atoms. The topological polar surface area (TPSA) is 49.3 Å². The van der Waals surface area contributed by atoms with E-state index in [4.69, 9.17) is 5.11 Å². The van der Waals surface area contributed by atoms with Crippen LogP contribution >= 0.6 is 34.4 Å². The second-order valence-corrected chi connectivity index (χ2v) is 5.63. The lowest BCUT2D eigenvalue weighted by Crippen LogP contribution is -2.15. The molecule has 0 aliphatic carbocycles. The first-order valence-electron chi connectivity index (χ1n) is 4.88. The van der Waals surface area contributed by atoms with Crippen molar-refractivity contribution in [3.8, 4) is 0 Å². The first-order valence-corrected chi connectivity index (χ1v) is 7.11. The maximum absolute atomic E-state index is 11.5. The third-order valence-electron chi connectivity index (χ3n) is 1.93. The number of hydrogen-bond donors (Lipinski definition) is 2. The van der Waals surface area contributed by atoms with Gasteiger partial charge in [-0.05, 0) is 53.3 Å². The summed E-state index contributed by atoms with van der Waals surface area (Å²) in [6.07, 6.45) is 0. The zero-order chi connectivity index (χ0) is 12.0. The molecule has 1 aromatic carbocycles. The van der Waals surface area contributed by atoms with Crippen molar-refractivity contribution in [3.63, 3.8) is 0 Å². The number of aliphatic hydroxyl groups excluding tert-OH is 1. The summed E-state index contributed by atoms with van der Waals surface area (Å²) in [4.78, 5) is 11.5. The molecule has 0 saturated carbocycles. The van der Waals surface area contributed by atoms with E-state index in [-0.39, 0.29) is 12.5 Å². The van der Waals surface area contributed by atoms with Crippen molar-refractivity contribution in [1.29, 1.82) is 0 Å². The van der Waals surface area contributed by atoms with Gasteiger partial charge in [0.05, 0.1) is 12.4 Å². The van der Waals surface area contributed by atoms with Crippen molar-refractivity contribution in [1.82, 2.24) is 0 Å². The average molecular weight is 351 g/mol. The van der Waals surface area contributed by atoms with Gasteiger partial charge in [-0.25, -0.2) is 0 Å². The number of carbonyl (C=O) groups is 1. The quantitative estimate of drug-likeness (QED) is 0.632. The van der Waals surface area contributed by atoms with E-state index in [0.717, 1.165) is 14.8 Å². The number of amides is 1. The van der Waals surface area contributed by atoms with Crippen molar-refractivity contribution >= 4 is 45.9 Å². The van der Waals surface area contributed by atoms with Crippen LogP contribution in [0.3, 0.4) is 0 Å². The van der Waals surface area contributed by atoms with Crippen LogP contribution in [-0.2, 0) is 4.79 Å². The molecule has 0 fully saturated rings. The Bertz CT molecular complexity index is 371. The number of anilines is 1. The second kappa shape index (κ2) is 7.13. The summed E-state index contributed by atoms with van der Waals surface area (Å²) in [5.41, 5.74) is 1.92. The lowest BCUT2D eigenvalue weighted by Gasteiger charge is -2.08. The molecule has 1 rings (SSSR count). The van der Waals surface area contributed by atoms with Gasteiger partial charge in [0.1, 0.15) is 0 Å². The van der Waals surface area contributed by atoms with Gasteiger partial charge in [-0.15, -0.1) is 11.8 Å². The van der Waals surface area contributed by atoms with Crippen LogP contribution in [0.4, 0.5) is 5.69 Å². The number of nitrogens with one attached hydrogen (secondary N) is 1. The standard InChI is InChI=1S/C11H14INO2S/c1-8-6-9(12)2-3-10(8)13-11(15)7-16-5-4-14/h2-3,6,14H,4-5,7H2,1H3,(H,13,15). The molecule has 0 aliphatic rings. The summed E-state index contributed by atoms with van der Waals surface area (Å²) < 4.78 is 1.16. The first kappa shape index (κ1) is 13.8. The van der Waals surface area contributed by atoms with Crippen LogP contribution in [0.1, 0.15) is 5.56 Å². The maximum Gasteiger partial charge on any atom is 0.234 e. The average Bonchev–Trinajstić information content (AvgIpc) is 2.23. The van der Waals surface area contributed by atoms with E-state index in [2.05, 4.69) is 27.9 Å². The van der Waals surface area contributed by atoms with Gasteiger partial charge in [0.15, 0.2) is 0 Å². The van der Waals surface area contributed by atoms with Crippen molar-refractivity contribution in [3.05, 3.63) is 27.3 Å². The molecule has 3 nitrogen and oxygen atoms in total. The molecule has 0 spiro atoms. The van der Waals surface area contributed by atoms with Crippen LogP contribution in [0, 0.1) is 10.5 Å². The molecule has 0 aromatic heterocycles. The molecule has 0 saturated heterocycles. The third-order valence-corrected chi connectivity index (χ3v) is 3.54. The van der Waals surface area contributed by atoms with Crippen molar-refractivity contribution in [2.75, 3.05) is 23.4 Å². The smallest absolute Gasteiger partial charge is 0.234 e. The molecule has 0 atom stereocenters. The first-order chi connectivity index (χ1) is 7.63. The monoisotopic (exact) mass is 351 g/mol. The fourth-order valence-electron chi connectivity index (χ4n) is 1.18. The van der Waals surface area contributed by atoms with E-state index in [1.165, 1.54) is 11.8 Å². The fourth-order valence-corrected chi connectivity index (χ4v) is 2.36. The zero-order valence-electron chi connectivity index (χ0n) is 9.00. The summed E-state index contributed by atoms with van der Waals surface area (Å²) >= 11 is 3.66. The van der Waals surface area contributed by atoms with Gasteiger partial charge in [0, 0.05) is 15.0 Å². The Kier molecular flexibility index (Phi) is 6.15. The maximum atomic E-state index is 11.5. The minimum atomic E-state index is -0.0252. The van der Waals surface area contributed by atoms with Crippen molar-refractivity contribution < 1.29 is 9.90 Å². The van der Waals surface area contributed by atoms with E-state index in [0.29, 0.717) is 11.5 Å². The molecule has 0 bridgehead atoms. The lowest BCUT2D eigenvalue weighted by molar-refractivity contribution is -0.113. The van der Waals surface area contributed by atoms with Gasteiger partial charge < -0.3 is 10.4 Å². The molecule has 1 amide bonds. The third kappa shape index (κ3) is 4.71. The number of thioether (sulfide) groups is 1. The summed E-state index contributed by atoms with van der Waals surface area (Å²) in [6.45, 7) is 2.08. The molecule has 88 valence electrons. The Morgan fingerprint density at radius 3 is 2.94 bits per heavy atom. The van der Waals surface area contributed by atoms with E-state index in [1.54, 1.807) is 0 Å². The molecule has 0 aliphatic heterocycles. The van der Waals surface area contributed by atoms with Crippen molar-refractivity contribution in [2.24, 2.45) is 0 Å². The lowest BCUT2D eigenvalue weighted by atomic mass is 10.2. The van der Waals surface area contributed by atoms with Crippen LogP contribution in [-0.4, -0.2) is 29.1 Å². The number of aryl methyl sites for hydroxylation is 1. The predicted molar refractivity (Wildman–Crippen MR) is 76.9 cm³/mol. The SMILES string of the molecule is Cc1cc(I)ccc1NC(=O)CSCCO. The van der Waals surface area contributed by atoms with Crippen LogP contribution < -0.4 is 5.32 Å². The molecule has 1 aromatic rings. The Hall–Kier alpha value is -0.270. The van der Waals surface area contributed by atoms with Gasteiger partial charge in [-0.1, -0.05) is 0 Å². The summed E-state index contributed by atoms with van der Waals surface area (Å²) in [6, 6.07) is 5.90.